The Hall–Kier alpha value is -1.83. The number of rotatable bonds is 2. The number of amides is 1. The third kappa shape index (κ3) is 1.35. The van der Waals surface area contributed by atoms with Crippen LogP contribution in [-0.2, 0) is 11.8 Å². The van der Waals surface area contributed by atoms with Gasteiger partial charge in [-0.3, -0.25) is 9.48 Å². The Balaban J connectivity index is 3.04. The summed E-state index contributed by atoms with van der Waals surface area (Å²) in [5.74, 6) is 0. The van der Waals surface area contributed by atoms with Gasteiger partial charge in [0.05, 0.1) is 5.69 Å². The molecular formula is C6H6N4O. The van der Waals surface area contributed by atoms with E-state index in [1.54, 1.807) is 13.2 Å². The second-order valence-electron chi connectivity index (χ2n) is 1.94. The first kappa shape index (κ1) is 7.28. The van der Waals surface area contributed by atoms with Crippen LogP contribution in [0.4, 0.5) is 5.69 Å². The first-order valence-corrected chi connectivity index (χ1v) is 2.92. The quantitative estimate of drug-likeness (QED) is 0.596. The lowest BCUT2D eigenvalue weighted by Crippen LogP contribution is -1.93. The van der Waals surface area contributed by atoms with E-state index in [9.17, 15) is 4.79 Å². The lowest BCUT2D eigenvalue weighted by atomic mass is 10.4. The molecule has 0 aliphatic rings. The van der Waals surface area contributed by atoms with Crippen molar-refractivity contribution >= 4 is 12.1 Å². The van der Waals surface area contributed by atoms with Gasteiger partial charge in [0.25, 0.3) is 0 Å². The summed E-state index contributed by atoms with van der Waals surface area (Å²) in [5, 5.41) is 14.6. The highest BCUT2D eigenvalue weighted by atomic mass is 16.1. The molecule has 0 aromatic carbocycles. The Morgan fingerprint density at radius 2 is 2.64 bits per heavy atom. The summed E-state index contributed by atoms with van der Waals surface area (Å²) >= 11 is 0. The number of hydrogen-bond acceptors (Lipinski definition) is 3. The number of nitriles is 1. The number of carbonyl (C=O) groups is 1. The molecule has 0 unspecified atom stereocenters. The van der Waals surface area contributed by atoms with Crippen molar-refractivity contribution in [2.24, 2.45) is 7.05 Å². The predicted molar refractivity (Wildman–Crippen MR) is 37.6 cm³/mol. The summed E-state index contributed by atoms with van der Waals surface area (Å²) in [4.78, 5) is 9.99. The minimum absolute atomic E-state index is 0.222. The summed E-state index contributed by atoms with van der Waals surface area (Å²) in [7, 11) is 1.68. The van der Waals surface area contributed by atoms with Gasteiger partial charge in [0, 0.05) is 13.2 Å². The normalized spacial score (nSPS) is 8.73. The Morgan fingerprint density at radius 1 is 1.91 bits per heavy atom. The van der Waals surface area contributed by atoms with Gasteiger partial charge in [0.1, 0.15) is 6.07 Å². The molecule has 1 aromatic heterocycles. The van der Waals surface area contributed by atoms with Crippen LogP contribution in [-0.4, -0.2) is 16.2 Å². The predicted octanol–water partition coefficient (Wildman–Crippen LogP) is -0.140. The molecular weight excluding hydrogens is 144 g/mol. The first-order valence-electron chi connectivity index (χ1n) is 2.92. The average molecular weight is 150 g/mol. The van der Waals surface area contributed by atoms with Crippen LogP contribution in [0.5, 0.6) is 0 Å². The highest BCUT2D eigenvalue weighted by molar-refractivity contribution is 5.73. The number of hydrogen-bond donors (Lipinski definition) is 1. The number of nitrogens with one attached hydrogen (secondary N) is 1. The third-order valence-corrected chi connectivity index (χ3v) is 1.15. The molecule has 11 heavy (non-hydrogen) atoms. The molecule has 0 bridgehead atoms. The fourth-order valence-corrected chi connectivity index (χ4v) is 0.740. The fourth-order valence-electron chi connectivity index (χ4n) is 0.740. The zero-order valence-corrected chi connectivity index (χ0v) is 5.90. The topological polar surface area (TPSA) is 70.7 Å². The Labute approximate surface area is 63.2 Å². The molecule has 1 amide bonds. The molecule has 0 aliphatic heterocycles. The van der Waals surface area contributed by atoms with Crippen molar-refractivity contribution in [3.8, 4) is 6.07 Å². The molecule has 1 heterocycles. The maximum atomic E-state index is 9.99. The van der Waals surface area contributed by atoms with Gasteiger partial charge in [-0.15, -0.1) is 0 Å². The van der Waals surface area contributed by atoms with Gasteiger partial charge in [0.15, 0.2) is 5.69 Å². The number of carbonyl (C=O) groups excluding carboxylic acids is 1. The van der Waals surface area contributed by atoms with Crippen molar-refractivity contribution < 1.29 is 4.79 Å². The van der Waals surface area contributed by atoms with Gasteiger partial charge in [-0.1, -0.05) is 0 Å². The molecule has 0 radical (unpaired) electrons. The van der Waals surface area contributed by atoms with E-state index in [4.69, 9.17) is 5.26 Å². The number of nitrogens with zero attached hydrogens (tertiary/aromatic N) is 3. The summed E-state index contributed by atoms with van der Waals surface area (Å²) < 4.78 is 1.46. The number of aromatic nitrogens is 2. The highest BCUT2D eigenvalue weighted by Gasteiger charge is 2.03. The molecule has 1 N–H and O–H groups in total. The molecule has 0 saturated carbocycles. The van der Waals surface area contributed by atoms with Crippen LogP contribution >= 0.6 is 0 Å². The van der Waals surface area contributed by atoms with E-state index in [0.29, 0.717) is 12.1 Å². The van der Waals surface area contributed by atoms with Gasteiger partial charge >= 0.3 is 0 Å². The van der Waals surface area contributed by atoms with Crippen LogP contribution in [0.15, 0.2) is 6.20 Å². The van der Waals surface area contributed by atoms with Crippen molar-refractivity contribution in [3.63, 3.8) is 0 Å². The van der Waals surface area contributed by atoms with Crippen molar-refractivity contribution in [2.45, 2.75) is 0 Å². The second-order valence-corrected chi connectivity index (χ2v) is 1.94. The van der Waals surface area contributed by atoms with Gasteiger partial charge < -0.3 is 5.32 Å². The van der Waals surface area contributed by atoms with Crippen LogP contribution in [0.25, 0.3) is 0 Å². The maximum Gasteiger partial charge on any atom is 0.211 e. The van der Waals surface area contributed by atoms with E-state index >= 15 is 0 Å². The number of aryl methyl sites for hydroxylation is 1. The lowest BCUT2D eigenvalue weighted by molar-refractivity contribution is -0.105. The third-order valence-electron chi connectivity index (χ3n) is 1.15. The molecule has 0 fully saturated rings. The Morgan fingerprint density at radius 3 is 3.18 bits per heavy atom. The van der Waals surface area contributed by atoms with E-state index in [-0.39, 0.29) is 5.69 Å². The molecule has 56 valence electrons. The number of anilines is 1. The van der Waals surface area contributed by atoms with E-state index in [0.717, 1.165) is 0 Å². The van der Waals surface area contributed by atoms with Gasteiger partial charge in [-0.05, 0) is 0 Å². The zero-order valence-electron chi connectivity index (χ0n) is 5.90. The van der Waals surface area contributed by atoms with Crippen LogP contribution < -0.4 is 5.32 Å². The van der Waals surface area contributed by atoms with E-state index in [1.165, 1.54) is 4.68 Å². The van der Waals surface area contributed by atoms with Crippen LogP contribution in [0.3, 0.4) is 0 Å². The van der Waals surface area contributed by atoms with Gasteiger partial charge in [-0.25, -0.2) is 0 Å². The fraction of sp³-hybridized carbons (Fsp3) is 0.167. The molecule has 0 aliphatic carbocycles. The molecule has 1 aromatic rings. The highest BCUT2D eigenvalue weighted by Crippen LogP contribution is 2.09. The Bertz CT molecular complexity index is 309. The lowest BCUT2D eigenvalue weighted by Gasteiger charge is -1.88. The first-order chi connectivity index (χ1) is 5.27. The van der Waals surface area contributed by atoms with E-state index < -0.39 is 0 Å². The molecule has 0 spiro atoms. The SMILES string of the molecule is Cn1cc(NC=O)c(C#N)n1. The van der Waals surface area contributed by atoms with E-state index in [1.807, 2.05) is 6.07 Å². The molecule has 0 atom stereocenters. The van der Waals surface area contributed by atoms with Crippen molar-refractivity contribution in [2.75, 3.05) is 5.32 Å². The maximum absolute atomic E-state index is 9.99. The monoisotopic (exact) mass is 150 g/mol. The largest absolute Gasteiger partial charge is 0.325 e. The summed E-state index contributed by atoms with van der Waals surface area (Å²) in [6.45, 7) is 0. The van der Waals surface area contributed by atoms with E-state index in [2.05, 4.69) is 10.4 Å². The van der Waals surface area contributed by atoms with Crippen molar-refractivity contribution in [1.29, 1.82) is 5.26 Å². The summed E-state index contributed by atoms with van der Waals surface area (Å²) in [5.41, 5.74) is 0.657. The van der Waals surface area contributed by atoms with Gasteiger partial charge in [-0.2, -0.15) is 10.4 Å². The smallest absolute Gasteiger partial charge is 0.211 e. The molecule has 5 nitrogen and oxygen atoms in total. The van der Waals surface area contributed by atoms with Gasteiger partial charge in [0.2, 0.25) is 6.41 Å². The summed E-state index contributed by atoms with van der Waals surface area (Å²) in [6.07, 6.45) is 2.07. The summed E-state index contributed by atoms with van der Waals surface area (Å²) in [6, 6.07) is 1.85. The minimum atomic E-state index is 0.222. The molecule has 0 saturated heterocycles. The van der Waals surface area contributed by atoms with Crippen molar-refractivity contribution in [3.05, 3.63) is 11.9 Å². The van der Waals surface area contributed by atoms with Crippen LogP contribution in [0, 0.1) is 11.3 Å². The second kappa shape index (κ2) is 2.84. The van der Waals surface area contributed by atoms with Crippen LogP contribution in [0.2, 0.25) is 0 Å². The standard InChI is InChI=1S/C6H6N4O/c1-10-3-6(8-4-11)5(2-7)9-10/h3-4H,1H3,(H,8,11). The molecule has 5 heteroatoms. The zero-order chi connectivity index (χ0) is 8.27. The Kier molecular flexibility index (Phi) is 1.88. The minimum Gasteiger partial charge on any atom is -0.325 e. The van der Waals surface area contributed by atoms with Crippen LogP contribution in [0.1, 0.15) is 5.69 Å². The molecule has 1 rings (SSSR count). The average Bonchev–Trinajstić information content (AvgIpc) is 2.32. The van der Waals surface area contributed by atoms with Crippen molar-refractivity contribution in [1.82, 2.24) is 9.78 Å².